The van der Waals surface area contributed by atoms with Gasteiger partial charge in [-0.3, -0.25) is 4.90 Å². The predicted molar refractivity (Wildman–Crippen MR) is 91.7 cm³/mol. The molecule has 0 bridgehead atoms. The normalized spacial score (nSPS) is 18.1. The SMILES string of the molecule is CCNC(CN(CC)C1CCCCC1)c1ccc(C)cc1. The van der Waals surface area contributed by atoms with Crippen LogP contribution in [0, 0.1) is 6.92 Å². The van der Waals surface area contributed by atoms with Crippen LogP contribution in [0.1, 0.15) is 63.1 Å². The van der Waals surface area contributed by atoms with E-state index < -0.39 is 0 Å². The summed E-state index contributed by atoms with van der Waals surface area (Å²) in [5.41, 5.74) is 2.77. The predicted octanol–water partition coefficient (Wildman–Crippen LogP) is 4.30. The van der Waals surface area contributed by atoms with Crippen molar-refractivity contribution < 1.29 is 0 Å². The second-order valence-electron chi connectivity index (χ2n) is 6.40. The van der Waals surface area contributed by atoms with Gasteiger partial charge in [0.05, 0.1) is 0 Å². The van der Waals surface area contributed by atoms with Gasteiger partial charge in [0.1, 0.15) is 0 Å². The molecule has 1 saturated carbocycles. The van der Waals surface area contributed by atoms with E-state index in [-0.39, 0.29) is 0 Å². The topological polar surface area (TPSA) is 15.3 Å². The van der Waals surface area contributed by atoms with Crippen molar-refractivity contribution in [3.05, 3.63) is 35.4 Å². The summed E-state index contributed by atoms with van der Waals surface area (Å²) in [6.07, 6.45) is 7.04. The molecule has 0 heterocycles. The molecule has 0 amide bonds. The minimum atomic E-state index is 0.456. The Morgan fingerprint density at radius 2 is 1.76 bits per heavy atom. The van der Waals surface area contributed by atoms with E-state index in [2.05, 4.69) is 55.3 Å². The van der Waals surface area contributed by atoms with Gasteiger partial charge in [0.25, 0.3) is 0 Å². The molecule has 0 spiro atoms. The van der Waals surface area contributed by atoms with Gasteiger partial charge < -0.3 is 5.32 Å². The lowest BCUT2D eigenvalue weighted by Gasteiger charge is -2.36. The van der Waals surface area contributed by atoms with Crippen LogP contribution in [0.2, 0.25) is 0 Å². The van der Waals surface area contributed by atoms with Crippen LogP contribution in [-0.4, -0.2) is 30.6 Å². The monoisotopic (exact) mass is 288 g/mol. The summed E-state index contributed by atoms with van der Waals surface area (Å²) in [6, 6.07) is 10.3. The number of hydrogen-bond acceptors (Lipinski definition) is 2. The molecule has 1 fully saturated rings. The van der Waals surface area contributed by atoms with Crippen molar-refractivity contribution in [2.75, 3.05) is 19.6 Å². The molecule has 21 heavy (non-hydrogen) atoms. The first-order valence-electron chi connectivity index (χ1n) is 8.78. The highest BCUT2D eigenvalue weighted by molar-refractivity contribution is 5.24. The Hall–Kier alpha value is -0.860. The third kappa shape index (κ3) is 4.82. The van der Waals surface area contributed by atoms with E-state index in [0.29, 0.717) is 6.04 Å². The lowest BCUT2D eigenvalue weighted by Crippen LogP contribution is -2.42. The molecule has 1 N–H and O–H groups in total. The van der Waals surface area contributed by atoms with E-state index in [1.165, 1.54) is 49.8 Å². The molecule has 1 atom stereocenters. The Labute approximate surface area is 130 Å². The average Bonchev–Trinajstić information content (AvgIpc) is 2.53. The van der Waals surface area contributed by atoms with Crippen molar-refractivity contribution in [2.45, 2.75) is 65.0 Å². The van der Waals surface area contributed by atoms with Gasteiger partial charge >= 0.3 is 0 Å². The smallest absolute Gasteiger partial charge is 0.0449 e. The second kappa shape index (κ2) is 8.55. The zero-order valence-electron chi connectivity index (χ0n) is 14.1. The summed E-state index contributed by atoms with van der Waals surface area (Å²) in [6.45, 7) is 10.0. The van der Waals surface area contributed by atoms with Gasteiger partial charge in [-0.25, -0.2) is 0 Å². The van der Waals surface area contributed by atoms with E-state index in [0.717, 1.165) is 19.1 Å². The van der Waals surface area contributed by atoms with Crippen LogP contribution < -0.4 is 5.32 Å². The van der Waals surface area contributed by atoms with Gasteiger partial charge in [0, 0.05) is 18.6 Å². The molecule has 0 aliphatic heterocycles. The number of nitrogens with zero attached hydrogens (tertiary/aromatic N) is 1. The van der Waals surface area contributed by atoms with Crippen molar-refractivity contribution in [3.8, 4) is 0 Å². The molecule has 0 radical (unpaired) electrons. The Morgan fingerprint density at radius 1 is 1.10 bits per heavy atom. The van der Waals surface area contributed by atoms with Crippen molar-refractivity contribution in [1.82, 2.24) is 10.2 Å². The Morgan fingerprint density at radius 3 is 2.33 bits per heavy atom. The number of rotatable bonds is 7. The van der Waals surface area contributed by atoms with Crippen LogP contribution in [0.4, 0.5) is 0 Å². The molecule has 1 aliphatic rings. The van der Waals surface area contributed by atoms with Crippen LogP contribution in [-0.2, 0) is 0 Å². The Kier molecular flexibility index (Phi) is 6.72. The molecule has 2 rings (SSSR count). The van der Waals surface area contributed by atoms with E-state index in [1.807, 2.05) is 0 Å². The third-order valence-corrected chi connectivity index (χ3v) is 4.84. The average molecular weight is 288 g/mol. The zero-order valence-corrected chi connectivity index (χ0v) is 14.1. The van der Waals surface area contributed by atoms with Gasteiger partial charge in [-0.1, -0.05) is 62.9 Å². The van der Waals surface area contributed by atoms with Gasteiger partial charge in [-0.2, -0.15) is 0 Å². The van der Waals surface area contributed by atoms with E-state index >= 15 is 0 Å². The van der Waals surface area contributed by atoms with Gasteiger partial charge in [-0.05, 0) is 38.4 Å². The summed E-state index contributed by atoms with van der Waals surface area (Å²) in [5.74, 6) is 0. The standard InChI is InChI=1S/C19H32N2/c1-4-20-19(17-13-11-16(3)12-14-17)15-21(5-2)18-9-7-6-8-10-18/h11-14,18-20H,4-10,15H2,1-3H3. The van der Waals surface area contributed by atoms with Crippen LogP contribution >= 0.6 is 0 Å². The van der Waals surface area contributed by atoms with Crippen molar-refractivity contribution >= 4 is 0 Å². The van der Waals surface area contributed by atoms with Gasteiger partial charge in [0.15, 0.2) is 0 Å². The molecular weight excluding hydrogens is 256 g/mol. The van der Waals surface area contributed by atoms with Crippen molar-refractivity contribution in [3.63, 3.8) is 0 Å². The first-order valence-corrected chi connectivity index (χ1v) is 8.78. The van der Waals surface area contributed by atoms with Crippen molar-refractivity contribution in [2.24, 2.45) is 0 Å². The maximum atomic E-state index is 3.68. The molecule has 1 aliphatic carbocycles. The maximum absolute atomic E-state index is 3.68. The molecule has 2 nitrogen and oxygen atoms in total. The highest BCUT2D eigenvalue weighted by Crippen LogP contribution is 2.25. The fourth-order valence-electron chi connectivity index (χ4n) is 3.55. The lowest BCUT2D eigenvalue weighted by molar-refractivity contribution is 0.148. The number of hydrogen-bond donors (Lipinski definition) is 1. The largest absolute Gasteiger partial charge is 0.309 e. The summed E-state index contributed by atoms with van der Waals surface area (Å²) in [7, 11) is 0. The summed E-state index contributed by atoms with van der Waals surface area (Å²) in [4.78, 5) is 2.70. The fourth-order valence-corrected chi connectivity index (χ4v) is 3.55. The van der Waals surface area contributed by atoms with Crippen LogP contribution in [0.5, 0.6) is 0 Å². The lowest BCUT2D eigenvalue weighted by atomic mass is 9.93. The highest BCUT2D eigenvalue weighted by Gasteiger charge is 2.23. The van der Waals surface area contributed by atoms with E-state index in [1.54, 1.807) is 0 Å². The number of benzene rings is 1. The van der Waals surface area contributed by atoms with Gasteiger partial charge in [0.2, 0.25) is 0 Å². The molecule has 1 aromatic rings. The van der Waals surface area contributed by atoms with Gasteiger partial charge in [-0.15, -0.1) is 0 Å². The molecular formula is C19H32N2. The Balaban J connectivity index is 2.04. The summed E-state index contributed by atoms with van der Waals surface area (Å²) < 4.78 is 0. The molecule has 0 aromatic heterocycles. The molecule has 1 aromatic carbocycles. The molecule has 0 saturated heterocycles. The number of nitrogens with one attached hydrogen (secondary N) is 1. The maximum Gasteiger partial charge on any atom is 0.0449 e. The minimum absolute atomic E-state index is 0.456. The molecule has 2 heteroatoms. The number of likely N-dealkylation sites (N-methyl/N-ethyl adjacent to an activating group) is 2. The molecule has 118 valence electrons. The summed E-state index contributed by atoms with van der Waals surface area (Å²) >= 11 is 0. The first-order chi connectivity index (χ1) is 10.2. The summed E-state index contributed by atoms with van der Waals surface area (Å²) in [5, 5.41) is 3.68. The second-order valence-corrected chi connectivity index (χ2v) is 6.40. The minimum Gasteiger partial charge on any atom is -0.309 e. The van der Waals surface area contributed by atoms with E-state index in [4.69, 9.17) is 0 Å². The van der Waals surface area contributed by atoms with Crippen LogP contribution in [0.3, 0.4) is 0 Å². The number of aryl methyl sites for hydroxylation is 1. The fraction of sp³-hybridized carbons (Fsp3) is 0.684. The Bertz CT molecular complexity index is 393. The highest BCUT2D eigenvalue weighted by atomic mass is 15.2. The van der Waals surface area contributed by atoms with Crippen LogP contribution in [0.25, 0.3) is 0 Å². The third-order valence-electron chi connectivity index (χ3n) is 4.84. The zero-order chi connectivity index (χ0) is 15.1. The van der Waals surface area contributed by atoms with Crippen molar-refractivity contribution in [1.29, 1.82) is 0 Å². The van der Waals surface area contributed by atoms with E-state index in [9.17, 15) is 0 Å². The quantitative estimate of drug-likeness (QED) is 0.804. The molecule has 1 unspecified atom stereocenters. The first kappa shape index (κ1) is 16.5. The van der Waals surface area contributed by atoms with Crippen LogP contribution in [0.15, 0.2) is 24.3 Å².